The zero-order valence-corrected chi connectivity index (χ0v) is 17.0. The molecule has 0 bridgehead atoms. The van der Waals surface area contributed by atoms with Gasteiger partial charge in [-0.3, -0.25) is 4.79 Å². The van der Waals surface area contributed by atoms with Crippen molar-refractivity contribution in [2.24, 2.45) is 5.84 Å². The molecule has 0 radical (unpaired) electrons. The summed E-state index contributed by atoms with van der Waals surface area (Å²) < 4.78 is 10.6. The number of halogens is 1. The van der Waals surface area contributed by atoms with Gasteiger partial charge in [-0.1, -0.05) is 23.7 Å². The number of hydrazine groups is 1. The summed E-state index contributed by atoms with van der Waals surface area (Å²) in [5, 5.41) is 11.4. The zero-order valence-electron chi connectivity index (χ0n) is 16.2. The smallest absolute Gasteiger partial charge is 0.306 e. The topological polar surface area (TPSA) is 111 Å². The third-order valence-corrected chi connectivity index (χ3v) is 4.79. The van der Waals surface area contributed by atoms with Gasteiger partial charge in [0.2, 0.25) is 0 Å². The van der Waals surface area contributed by atoms with Crippen molar-refractivity contribution in [2.75, 3.05) is 31.5 Å². The Morgan fingerprint density at radius 1 is 1.29 bits per heavy atom. The molecule has 5 N–H and O–H groups in total. The summed E-state index contributed by atoms with van der Waals surface area (Å²) in [4.78, 5) is 12.2. The highest BCUT2D eigenvalue weighted by Gasteiger charge is 2.23. The Morgan fingerprint density at radius 3 is 2.57 bits per heavy atom. The fourth-order valence-corrected chi connectivity index (χ4v) is 3.31. The van der Waals surface area contributed by atoms with Gasteiger partial charge < -0.3 is 25.3 Å². The predicted molar refractivity (Wildman–Crippen MR) is 110 cm³/mol. The quantitative estimate of drug-likeness (QED) is 0.267. The number of hydrogen-bond acceptors (Lipinski definition) is 7. The Kier molecular flexibility index (Phi) is 7.51. The van der Waals surface area contributed by atoms with Gasteiger partial charge in [0.15, 0.2) is 0 Å². The van der Waals surface area contributed by atoms with Crippen molar-refractivity contribution in [3.63, 3.8) is 0 Å². The number of aliphatic hydroxyl groups is 1. The highest BCUT2D eigenvalue weighted by Crippen LogP contribution is 2.39. The molecule has 0 aliphatic rings. The lowest BCUT2D eigenvalue weighted by Gasteiger charge is -2.23. The summed E-state index contributed by atoms with van der Waals surface area (Å²) in [6, 6.07) is 8.85. The van der Waals surface area contributed by atoms with Gasteiger partial charge in [0.25, 0.3) is 0 Å². The number of ether oxygens (including phenoxy) is 2. The third kappa shape index (κ3) is 4.86. The summed E-state index contributed by atoms with van der Waals surface area (Å²) in [7, 11) is 3.19. The fourth-order valence-electron chi connectivity index (χ4n) is 3.13. The monoisotopic (exact) mass is 407 g/mol. The van der Waals surface area contributed by atoms with Crippen LogP contribution < -0.4 is 21.3 Å². The van der Waals surface area contributed by atoms with Gasteiger partial charge in [0.05, 0.1) is 32.4 Å². The third-order valence-electron chi connectivity index (χ3n) is 4.42. The minimum absolute atomic E-state index is 0.0980. The zero-order chi connectivity index (χ0) is 20.8. The highest BCUT2D eigenvalue weighted by molar-refractivity contribution is 6.31. The molecule has 0 fully saturated rings. The second-order valence-corrected chi connectivity index (χ2v) is 6.75. The standard InChI is InChI=1S/C20H26ClN3O4/c1-4-28-19(26)10-15(12-5-6-16(21)14(7-12)11-25)13-8-17(22)20(24(2)23)18(9-13)27-3/h5-9,15,25H,4,10-11,22-23H2,1-3H3. The number of benzene rings is 2. The summed E-state index contributed by atoms with van der Waals surface area (Å²) in [6.45, 7) is 1.84. The molecule has 0 heterocycles. The molecule has 2 aromatic rings. The fraction of sp³-hybridized carbons (Fsp3) is 0.350. The van der Waals surface area contributed by atoms with Crippen molar-refractivity contribution < 1.29 is 19.4 Å². The number of anilines is 2. The molecule has 1 unspecified atom stereocenters. The number of methoxy groups -OCH3 is 1. The molecule has 7 nitrogen and oxygen atoms in total. The van der Waals surface area contributed by atoms with Crippen LogP contribution in [0.4, 0.5) is 11.4 Å². The Hall–Kier alpha value is -2.48. The first-order chi connectivity index (χ1) is 13.3. The maximum Gasteiger partial charge on any atom is 0.306 e. The van der Waals surface area contributed by atoms with Gasteiger partial charge >= 0.3 is 5.97 Å². The van der Waals surface area contributed by atoms with E-state index in [9.17, 15) is 9.90 Å². The van der Waals surface area contributed by atoms with E-state index in [1.807, 2.05) is 6.07 Å². The van der Waals surface area contributed by atoms with Crippen LogP contribution in [0.5, 0.6) is 5.75 Å². The first-order valence-electron chi connectivity index (χ1n) is 8.82. The number of carbonyl (C=O) groups excluding carboxylic acids is 1. The average Bonchev–Trinajstić information content (AvgIpc) is 2.65. The lowest BCUT2D eigenvalue weighted by atomic mass is 9.87. The Bertz CT molecular complexity index is 842. The van der Waals surface area contributed by atoms with E-state index in [1.54, 1.807) is 38.2 Å². The summed E-state index contributed by atoms with van der Waals surface area (Å²) >= 11 is 6.12. The SMILES string of the molecule is CCOC(=O)CC(c1ccc(Cl)c(CO)c1)c1cc(N)c(N(C)N)c(OC)c1. The van der Waals surface area contributed by atoms with E-state index in [0.29, 0.717) is 27.7 Å². The predicted octanol–water partition coefficient (Wildman–Crippen LogP) is 2.82. The van der Waals surface area contributed by atoms with E-state index >= 15 is 0 Å². The molecule has 1 atom stereocenters. The highest BCUT2D eigenvalue weighted by atomic mass is 35.5. The average molecular weight is 408 g/mol. The first-order valence-corrected chi connectivity index (χ1v) is 9.20. The minimum Gasteiger partial charge on any atom is -0.494 e. The van der Waals surface area contributed by atoms with Crippen LogP contribution in [0.2, 0.25) is 5.02 Å². The molecule has 2 aromatic carbocycles. The molecule has 0 aliphatic carbocycles. The lowest BCUT2D eigenvalue weighted by Crippen LogP contribution is -2.26. The van der Waals surface area contributed by atoms with Crippen molar-refractivity contribution >= 4 is 28.9 Å². The molecular weight excluding hydrogens is 382 g/mol. The molecule has 0 aromatic heterocycles. The van der Waals surface area contributed by atoms with Gasteiger partial charge in [-0.2, -0.15) is 0 Å². The van der Waals surface area contributed by atoms with Gasteiger partial charge in [-0.05, 0) is 41.8 Å². The van der Waals surface area contributed by atoms with E-state index in [1.165, 1.54) is 12.1 Å². The summed E-state index contributed by atoms with van der Waals surface area (Å²) in [5.74, 6) is 5.64. The van der Waals surface area contributed by atoms with Crippen molar-refractivity contribution in [3.8, 4) is 5.75 Å². The number of rotatable bonds is 8. The molecule has 0 aliphatic heterocycles. The van der Waals surface area contributed by atoms with E-state index in [2.05, 4.69) is 0 Å². The maximum atomic E-state index is 12.2. The number of nitrogen functional groups attached to an aromatic ring is 1. The normalized spacial score (nSPS) is 11.8. The van der Waals surface area contributed by atoms with Gasteiger partial charge in [-0.25, -0.2) is 5.84 Å². The van der Waals surface area contributed by atoms with Gasteiger partial charge in [0, 0.05) is 18.0 Å². The molecule has 0 saturated carbocycles. The number of nitrogens with zero attached hydrogens (tertiary/aromatic N) is 1. The van der Waals surface area contributed by atoms with Gasteiger partial charge in [-0.15, -0.1) is 0 Å². The number of carbonyl (C=O) groups is 1. The first kappa shape index (κ1) is 21.8. The second-order valence-electron chi connectivity index (χ2n) is 6.34. The van der Waals surface area contributed by atoms with E-state index in [-0.39, 0.29) is 31.5 Å². The van der Waals surface area contributed by atoms with E-state index < -0.39 is 0 Å². The van der Waals surface area contributed by atoms with E-state index in [0.717, 1.165) is 11.1 Å². The molecule has 8 heteroatoms. The van der Waals surface area contributed by atoms with Crippen molar-refractivity contribution in [3.05, 3.63) is 52.0 Å². The molecule has 0 saturated heterocycles. The Morgan fingerprint density at radius 2 is 2.00 bits per heavy atom. The summed E-state index contributed by atoms with van der Waals surface area (Å²) in [6.07, 6.45) is 0.0980. The van der Waals surface area contributed by atoms with Crippen LogP contribution in [-0.4, -0.2) is 31.8 Å². The summed E-state index contributed by atoms with van der Waals surface area (Å²) in [5.41, 5.74) is 9.32. The van der Waals surface area contributed by atoms with Gasteiger partial charge in [0.1, 0.15) is 11.4 Å². The number of esters is 1. The van der Waals surface area contributed by atoms with E-state index in [4.69, 9.17) is 32.7 Å². The molecule has 2 rings (SSSR count). The van der Waals surface area contributed by atoms with Crippen LogP contribution in [0.1, 0.15) is 36.0 Å². The molecule has 152 valence electrons. The maximum absolute atomic E-state index is 12.2. The molecule has 0 amide bonds. The Labute approximate surface area is 169 Å². The molecular formula is C20H26ClN3O4. The van der Waals surface area contributed by atoms with Crippen LogP contribution >= 0.6 is 11.6 Å². The second kappa shape index (κ2) is 9.64. The number of hydrogen-bond donors (Lipinski definition) is 3. The molecule has 28 heavy (non-hydrogen) atoms. The van der Waals surface area contributed by atoms with Crippen molar-refractivity contribution in [1.29, 1.82) is 0 Å². The van der Waals surface area contributed by atoms with Crippen LogP contribution in [0, 0.1) is 0 Å². The molecule has 0 spiro atoms. The van der Waals surface area contributed by atoms with Crippen molar-refractivity contribution in [1.82, 2.24) is 0 Å². The van der Waals surface area contributed by atoms with Crippen LogP contribution in [-0.2, 0) is 16.1 Å². The number of aliphatic hydroxyl groups excluding tert-OH is 1. The van der Waals surface area contributed by atoms with Crippen LogP contribution in [0.25, 0.3) is 0 Å². The minimum atomic E-state index is -0.366. The van der Waals surface area contributed by atoms with Crippen LogP contribution in [0.15, 0.2) is 30.3 Å². The largest absolute Gasteiger partial charge is 0.494 e. The van der Waals surface area contributed by atoms with Crippen LogP contribution in [0.3, 0.4) is 0 Å². The Balaban J connectivity index is 2.59. The lowest BCUT2D eigenvalue weighted by molar-refractivity contribution is -0.143. The number of nitrogens with two attached hydrogens (primary N) is 2. The van der Waals surface area contributed by atoms with Crippen molar-refractivity contribution in [2.45, 2.75) is 25.9 Å².